The molecule has 1 aromatic carbocycles. The molecule has 0 radical (unpaired) electrons. The number of H-pyrrole nitrogens is 1. The van der Waals surface area contributed by atoms with Crippen LogP contribution in [0, 0.1) is 0 Å². The molecule has 122 valence electrons. The van der Waals surface area contributed by atoms with E-state index in [-0.39, 0.29) is 17.4 Å². The first-order valence-corrected chi connectivity index (χ1v) is 6.96. The molecule has 0 bridgehead atoms. The van der Waals surface area contributed by atoms with Crippen LogP contribution in [-0.2, 0) is 4.74 Å². The van der Waals surface area contributed by atoms with Gasteiger partial charge in [0.05, 0.1) is 25.1 Å². The largest absolute Gasteiger partial charge is 0.488 e. The minimum Gasteiger partial charge on any atom is -0.488 e. The topological polar surface area (TPSA) is 105 Å². The van der Waals surface area contributed by atoms with Gasteiger partial charge in [0, 0.05) is 6.07 Å². The van der Waals surface area contributed by atoms with Gasteiger partial charge in [0.25, 0.3) is 0 Å². The number of urea groups is 1. The van der Waals surface area contributed by atoms with E-state index >= 15 is 0 Å². The second kappa shape index (κ2) is 7.30. The average Bonchev–Trinajstić information content (AvgIpc) is 3.00. The molecule has 0 saturated heterocycles. The lowest BCUT2D eigenvalue weighted by molar-refractivity contribution is 0.0594. The summed E-state index contributed by atoms with van der Waals surface area (Å²) in [6.07, 6.45) is 1.33. The molecule has 23 heavy (non-hydrogen) atoms. The van der Waals surface area contributed by atoms with E-state index in [9.17, 15) is 9.59 Å². The van der Waals surface area contributed by atoms with Crippen LogP contribution in [0.25, 0.3) is 0 Å². The summed E-state index contributed by atoms with van der Waals surface area (Å²) in [6, 6.07) is 5.95. The molecule has 0 unspecified atom stereocenters. The number of benzene rings is 1. The first-order chi connectivity index (χ1) is 11.0. The lowest BCUT2D eigenvalue weighted by Crippen LogP contribution is -2.21. The van der Waals surface area contributed by atoms with Crippen molar-refractivity contribution in [3.63, 3.8) is 0 Å². The Balaban J connectivity index is 2.25. The number of ether oxygens (including phenoxy) is 2. The van der Waals surface area contributed by atoms with E-state index < -0.39 is 12.0 Å². The lowest BCUT2D eigenvalue weighted by atomic mass is 10.1. The van der Waals surface area contributed by atoms with Crippen LogP contribution in [0.5, 0.6) is 5.75 Å². The zero-order valence-electron chi connectivity index (χ0n) is 13.0. The van der Waals surface area contributed by atoms with Gasteiger partial charge in [-0.05, 0) is 26.0 Å². The highest BCUT2D eigenvalue weighted by molar-refractivity contribution is 6.02. The number of anilines is 2. The predicted molar refractivity (Wildman–Crippen MR) is 84.8 cm³/mol. The normalized spacial score (nSPS) is 10.3. The van der Waals surface area contributed by atoms with Crippen LogP contribution in [0.3, 0.4) is 0 Å². The zero-order chi connectivity index (χ0) is 16.8. The Morgan fingerprint density at radius 2 is 2.00 bits per heavy atom. The number of rotatable bonds is 5. The second-order valence-electron chi connectivity index (χ2n) is 4.89. The highest BCUT2D eigenvalue weighted by atomic mass is 16.5. The number of nitrogens with zero attached hydrogens (tertiary/aromatic N) is 1. The SMILES string of the molecule is COC(=O)c1cccc(NC(=O)Nc2ccn[nH]2)c1OC(C)C. The molecular formula is C15H18N4O4. The zero-order valence-corrected chi connectivity index (χ0v) is 13.0. The molecule has 0 saturated carbocycles. The fourth-order valence-corrected chi connectivity index (χ4v) is 1.87. The number of carbonyl (C=O) groups excluding carboxylic acids is 2. The maximum absolute atomic E-state index is 12.0. The summed E-state index contributed by atoms with van der Waals surface area (Å²) >= 11 is 0. The molecule has 8 heteroatoms. The Kier molecular flexibility index (Phi) is 5.19. The maximum Gasteiger partial charge on any atom is 0.341 e. The van der Waals surface area contributed by atoms with Crippen molar-refractivity contribution in [2.24, 2.45) is 0 Å². The van der Waals surface area contributed by atoms with Gasteiger partial charge < -0.3 is 14.8 Å². The summed E-state index contributed by atoms with van der Waals surface area (Å²) in [5, 5.41) is 11.6. The minimum atomic E-state index is -0.543. The van der Waals surface area contributed by atoms with E-state index in [1.807, 2.05) is 13.8 Å². The molecule has 0 aliphatic rings. The number of amides is 2. The number of hydrogen-bond acceptors (Lipinski definition) is 5. The quantitative estimate of drug-likeness (QED) is 0.735. The van der Waals surface area contributed by atoms with E-state index in [1.54, 1.807) is 24.3 Å². The van der Waals surface area contributed by atoms with Crippen molar-refractivity contribution in [2.75, 3.05) is 17.7 Å². The summed E-state index contributed by atoms with van der Waals surface area (Å²) in [7, 11) is 1.28. The van der Waals surface area contributed by atoms with Gasteiger partial charge in [-0.3, -0.25) is 10.4 Å². The van der Waals surface area contributed by atoms with Gasteiger partial charge in [0.1, 0.15) is 11.4 Å². The number of nitrogens with one attached hydrogen (secondary N) is 3. The highest BCUT2D eigenvalue weighted by Gasteiger charge is 2.19. The van der Waals surface area contributed by atoms with Crippen LogP contribution >= 0.6 is 0 Å². The minimum absolute atomic E-state index is 0.183. The van der Waals surface area contributed by atoms with E-state index in [0.29, 0.717) is 11.5 Å². The van der Waals surface area contributed by atoms with Crippen molar-refractivity contribution >= 4 is 23.5 Å². The maximum atomic E-state index is 12.0. The van der Waals surface area contributed by atoms with E-state index in [4.69, 9.17) is 9.47 Å². The van der Waals surface area contributed by atoms with Gasteiger partial charge in [-0.25, -0.2) is 9.59 Å². The Hall–Kier alpha value is -3.03. The van der Waals surface area contributed by atoms with Crippen molar-refractivity contribution in [1.82, 2.24) is 10.2 Å². The summed E-state index contributed by atoms with van der Waals surface area (Å²) in [5.74, 6) is 0.158. The summed E-state index contributed by atoms with van der Waals surface area (Å²) in [4.78, 5) is 23.9. The Morgan fingerprint density at radius 1 is 1.22 bits per heavy atom. The van der Waals surface area contributed by atoms with Crippen molar-refractivity contribution in [3.8, 4) is 5.75 Å². The molecule has 3 N–H and O–H groups in total. The summed E-state index contributed by atoms with van der Waals surface area (Å²) < 4.78 is 10.4. The Morgan fingerprint density at radius 3 is 2.61 bits per heavy atom. The van der Waals surface area contributed by atoms with Crippen molar-refractivity contribution < 1.29 is 19.1 Å². The van der Waals surface area contributed by atoms with E-state index in [0.717, 1.165) is 0 Å². The van der Waals surface area contributed by atoms with E-state index in [1.165, 1.54) is 13.3 Å². The predicted octanol–water partition coefficient (Wildman–Crippen LogP) is 2.63. The van der Waals surface area contributed by atoms with Crippen LogP contribution in [0.4, 0.5) is 16.3 Å². The second-order valence-corrected chi connectivity index (χ2v) is 4.89. The van der Waals surface area contributed by atoms with Crippen LogP contribution in [0.2, 0.25) is 0 Å². The fourth-order valence-electron chi connectivity index (χ4n) is 1.87. The summed E-state index contributed by atoms with van der Waals surface area (Å²) in [5.41, 5.74) is 0.596. The first kappa shape index (κ1) is 16.3. The van der Waals surface area contributed by atoms with Crippen molar-refractivity contribution in [3.05, 3.63) is 36.0 Å². The summed E-state index contributed by atoms with van der Waals surface area (Å²) in [6.45, 7) is 3.64. The van der Waals surface area contributed by atoms with Gasteiger partial charge in [-0.15, -0.1) is 0 Å². The van der Waals surface area contributed by atoms with Gasteiger partial charge in [0.15, 0.2) is 5.75 Å². The van der Waals surface area contributed by atoms with Gasteiger partial charge in [-0.2, -0.15) is 5.10 Å². The van der Waals surface area contributed by atoms with Crippen molar-refractivity contribution in [2.45, 2.75) is 20.0 Å². The van der Waals surface area contributed by atoms with Crippen LogP contribution in [0.1, 0.15) is 24.2 Å². The monoisotopic (exact) mass is 318 g/mol. The van der Waals surface area contributed by atoms with Gasteiger partial charge in [-0.1, -0.05) is 6.07 Å². The number of esters is 1. The van der Waals surface area contributed by atoms with Crippen LogP contribution < -0.4 is 15.4 Å². The van der Waals surface area contributed by atoms with Gasteiger partial charge in [0.2, 0.25) is 0 Å². The smallest absolute Gasteiger partial charge is 0.341 e. The third-order valence-electron chi connectivity index (χ3n) is 2.77. The van der Waals surface area contributed by atoms with Crippen LogP contribution in [0.15, 0.2) is 30.5 Å². The van der Waals surface area contributed by atoms with Crippen LogP contribution in [-0.4, -0.2) is 35.4 Å². The molecule has 1 heterocycles. The fraction of sp³-hybridized carbons (Fsp3) is 0.267. The first-order valence-electron chi connectivity index (χ1n) is 6.96. The molecular weight excluding hydrogens is 300 g/mol. The van der Waals surface area contributed by atoms with E-state index in [2.05, 4.69) is 20.8 Å². The molecule has 2 amide bonds. The Labute approximate surface area is 133 Å². The number of carbonyl (C=O) groups is 2. The molecule has 2 aromatic rings. The number of aromatic nitrogens is 2. The standard InChI is InChI=1S/C15H18N4O4/c1-9(2)23-13-10(14(20)22-3)5-4-6-11(13)17-15(21)18-12-7-8-16-19-12/h4-9H,1-3H3,(H3,16,17,18,19,21). The number of aromatic amines is 1. The average molecular weight is 318 g/mol. The Bertz CT molecular complexity index is 683. The number of hydrogen-bond donors (Lipinski definition) is 3. The molecule has 1 aromatic heterocycles. The molecule has 0 spiro atoms. The number of methoxy groups -OCH3 is 1. The molecule has 2 rings (SSSR count). The molecule has 0 fully saturated rings. The molecule has 0 aliphatic heterocycles. The molecule has 0 aliphatic carbocycles. The third kappa shape index (κ3) is 4.22. The van der Waals surface area contributed by atoms with Gasteiger partial charge >= 0.3 is 12.0 Å². The highest BCUT2D eigenvalue weighted by Crippen LogP contribution is 2.30. The molecule has 8 nitrogen and oxygen atoms in total. The lowest BCUT2D eigenvalue weighted by Gasteiger charge is -2.17. The number of para-hydroxylation sites is 1. The molecule has 0 atom stereocenters. The van der Waals surface area contributed by atoms with Crippen molar-refractivity contribution in [1.29, 1.82) is 0 Å². The third-order valence-corrected chi connectivity index (χ3v) is 2.77.